The standard InChI is InChI=1S/C15H19N5O2.ClH/c1-11-10-19(9-7-16-11)14(21)6-8-20-15(22)12-4-2-3-5-13(12)17-18-20;/h2-5,11,16H,6-10H2,1H3;1H. The number of hydrogen-bond donors (Lipinski definition) is 1. The lowest BCUT2D eigenvalue weighted by Gasteiger charge is -2.31. The third kappa shape index (κ3) is 3.86. The zero-order valence-corrected chi connectivity index (χ0v) is 13.8. The second-order valence-electron chi connectivity index (χ2n) is 5.58. The first kappa shape index (κ1) is 17.4. The maximum Gasteiger partial charge on any atom is 0.277 e. The summed E-state index contributed by atoms with van der Waals surface area (Å²) in [6.45, 7) is 4.54. The van der Waals surface area contributed by atoms with Gasteiger partial charge in [-0.3, -0.25) is 9.59 Å². The van der Waals surface area contributed by atoms with Crippen LogP contribution in [0.3, 0.4) is 0 Å². The number of hydrogen-bond acceptors (Lipinski definition) is 5. The lowest BCUT2D eigenvalue weighted by Crippen LogP contribution is -2.51. The van der Waals surface area contributed by atoms with Gasteiger partial charge in [0.1, 0.15) is 5.52 Å². The Morgan fingerprint density at radius 3 is 2.96 bits per heavy atom. The van der Waals surface area contributed by atoms with Gasteiger partial charge in [-0.25, -0.2) is 4.68 Å². The molecule has 0 radical (unpaired) electrons. The Morgan fingerprint density at radius 2 is 2.17 bits per heavy atom. The van der Waals surface area contributed by atoms with Gasteiger partial charge in [-0.1, -0.05) is 17.3 Å². The summed E-state index contributed by atoms with van der Waals surface area (Å²) in [5.41, 5.74) is 0.373. The molecule has 23 heavy (non-hydrogen) atoms. The third-order valence-corrected chi connectivity index (χ3v) is 3.89. The van der Waals surface area contributed by atoms with Crippen molar-refractivity contribution in [2.75, 3.05) is 19.6 Å². The molecule has 1 saturated heterocycles. The van der Waals surface area contributed by atoms with Gasteiger partial charge in [-0.2, -0.15) is 0 Å². The first-order valence-corrected chi connectivity index (χ1v) is 7.49. The van der Waals surface area contributed by atoms with Gasteiger partial charge in [-0.15, -0.1) is 17.5 Å². The molecule has 124 valence electrons. The average Bonchev–Trinajstić information content (AvgIpc) is 2.54. The minimum Gasteiger partial charge on any atom is -0.340 e. The Morgan fingerprint density at radius 1 is 1.39 bits per heavy atom. The number of fused-ring (bicyclic) bond motifs is 1. The normalized spacial score (nSPS) is 17.8. The number of rotatable bonds is 3. The van der Waals surface area contributed by atoms with Crippen LogP contribution in [0.2, 0.25) is 0 Å². The summed E-state index contributed by atoms with van der Waals surface area (Å²) in [5.74, 6) is 0.0511. The molecule has 2 heterocycles. The molecule has 7 nitrogen and oxygen atoms in total. The van der Waals surface area contributed by atoms with Crippen molar-refractivity contribution in [1.29, 1.82) is 0 Å². The molecular formula is C15H20ClN5O2. The number of nitrogens with zero attached hydrogens (tertiary/aromatic N) is 4. The van der Waals surface area contributed by atoms with Gasteiger partial charge in [0.15, 0.2) is 0 Å². The molecule has 1 aromatic heterocycles. The van der Waals surface area contributed by atoms with Crippen LogP contribution < -0.4 is 10.9 Å². The Hall–Kier alpha value is -1.99. The highest BCUT2D eigenvalue weighted by atomic mass is 35.5. The highest BCUT2D eigenvalue weighted by molar-refractivity contribution is 5.85. The van der Waals surface area contributed by atoms with Crippen LogP contribution in [0, 0.1) is 0 Å². The number of carbonyl (C=O) groups excluding carboxylic acids is 1. The number of piperazine rings is 1. The molecule has 1 aliphatic rings. The minimum absolute atomic E-state index is 0. The average molecular weight is 338 g/mol. The smallest absolute Gasteiger partial charge is 0.277 e. The highest BCUT2D eigenvalue weighted by Crippen LogP contribution is 2.05. The number of benzene rings is 1. The molecule has 1 N–H and O–H groups in total. The summed E-state index contributed by atoms with van der Waals surface area (Å²) in [5, 5.41) is 11.8. The topological polar surface area (TPSA) is 80.1 Å². The first-order chi connectivity index (χ1) is 10.6. The van der Waals surface area contributed by atoms with Crippen molar-refractivity contribution >= 4 is 29.2 Å². The van der Waals surface area contributed by atoms with E-state index in [1.165, 1.54) is 4.68 Å². The van der Waals surface area contributed by atoms with Crippen molar-refractivity contribution in [3.8, 4) is 0 Å². The van der Waals surface area contributed by atoms with Crippen LogP contribution in [0.1, 0.15) is 13.3 Å². The SMILES string of the molecule is CC1CN(C(=O)CCn2nnc3ccccc3c2=O)CCN1.Cl. The summed E-state index contributed by atoms with van der Waals surface area (Å²) >= 11 is 0. The number of aryl methyl sites for hydroxylation is 1. The third-order valence-electron chi connectivity index (χ3n) is 3.89. The fourth-order valence-corrected chi connectivity index (χ4v) is 2.69. The van der Waals surface area contributed by atoms with Crippen LogP contribution >= 0.6 is 12.4 Å². The maximum atomic E-state index is 12.3. The fourth-order valence-electron chi connectivity index (χ4n) is 2.69. The molecule has 0 spiro atoms. The fraction of sp³-hybridized carbons (Fsp3) is 0.467. The van der Waals surface area contributed by atoms with Gasteiger partial charge in [0, 0.05) is 32.1 Å². The lowest BCUT2D eigenvalue weighted by atomic mass is 10.2. The van der Waals surface area contributed by atoms with Crippen LogP contribution in [-0.2, 0) is 11.3 Å². The monoisotopic (exact) mass is 337 g/mol. The van der Waals surface area contributed by atoms with Gasteiger partial charge in [0.05, 0.1) is 11.9 Å². The Balaban J connectivity index is 0.00000192. The Labute approximate surface area is 140 Å². The highest BCUT2D eigenvalue weighted by Gasteiger charge is 2.20. The van der Waals surface area contributed by atoms with Crippen molar-refractivity contribution in [2.24, 2.45) is 0 Å². The van der Waals surface area contributed by atoms with Crippen molar-refractivity contribution in [3.05, 3.63) is 34.6 Å². The van der Waals surface area contributed by atoms with Gasteiger partial charge in [-0.05, 0) is 19.1 Å². The van der Waals surface area contributed by atoms with Crippen LogP contribution in [0.15, 0.2) is 29.1 Å². The summed E-state index contributed by atoms with van der Waals surface area (Å²) in [6.07, 6.45) is 0.264. The van der Waals surface area contributed by atoms with E-state index in [4.69, 9.17) is 0 Å². The Bertz CT molecular complexity index is 748. The van der Waals surface area contributed by atoms with Gasteiger partial charge in [0.2, 0.25) is 5.91 Å². The summed E-state index contributed by atoms with van der Waals surface area (Å²) in [4.78, 5) is 26.4. The van der Waals surface area contributed by atoms with Gasteiger partial charge < -0.3 is 10.2 Å². The lowest BCUT2D eigenvalue weighted by molar-refractivity contribution is -0.132. The second kappa shape index (κ2) is 7.52. The van der Waals surface area contributed by atoms with Crippen molar-refractivity contribution in [3.63, 3.8) is 0 Å². The summed E-state index contributed by atoms with van der Waals surface area (Å²) in [6, 6.07) is 7.39. The van der Waals surface area contributed by atoms with E-state index in [-0.39, 0.29) is 36.8 Å². The van der Waals surface area contributed by atoms with E-state index in [0.29, 0.717) is 30.0 Å². The molecule has 0 bridgehead atoms. The molecule has 3 rings (SSSR count). The number of carbonyl (C=O) groups is 1. The van der Waals surface area contributed by atoms with E-state index in [9.17, 15) is 9.59 Å². The van der Waals surface area contributed by atoms with E-state index in [1.807, 2.05) is 11.0 Å². The Kier molecular flexibility index (Phi) is 5.68. The van der Waals surface area contributed by atoms with E-state index >= 15 is 0 Å². The van der Waals surface area contributed by atoms with Gasteiger partial charge >= 0.3 is 0 Å². The number of nitrogens with one attached hydrogen (secondary N) is 1. The van der Waals surface area contributed by atoms with Crippen molar-refractivity contribution < 1.29 is 4.79 Å². The molecule has 1 aliphatic heterocycles. The van der Waals surface area contributed by atoms with Crippen LogP contribution in [0.5, 0.6) is 0 Å². The van der Waals surface area contributed by atoms with Crippen molar-refractivity contribution in [1.82, 2.24) is 25.2 Å². The zero-order valence-electron chi connectivity index (χ0n) is 12.9. The summed E-state index contributed by atoms with van der Waals surface area (Å²) in [7, 11) is 0. The molecular weight excluding hydrogens is 318 g/mol. The maximum absolute atomic E-state index is 12.3. The molecule has 1 amide bonds. The molecule has 1 fully saturated rings. The number of halogens is 1. The molecule has 2 aromatic rings. The van der Waals surface area contributed by atoms with E-state index < -0.39 is 0 Å². The van der Waals surface area contributed by atoms with Crippen LogP contribution in [0.4, 0.5) is 0 Å². The van der Waals surface area contributed by atoms with E-state index in [2.05, 4.69) is 22.6 Å². The predicted octanol–water partition coefficient (Wildman–Crippen LogP) is 0.424. The van der Waals surface area contributed by atoms with E-state index in [1.54, 1.807) is 18.2 Å². The van der Waals surface area contributed by atoms with Gasteiger partial charge in [0.25, 0.3) is 5.56 Å². The molecule has 0 saturated carbocycles. The molecule has 1 atom stereocenters. The largest absolute Gasteiger partial charge is 0.340 e. The first-order valence-electron chi connectivity index (χ1n) is 7.49. The van der Waals surface area contributed by atoms with Crippen molar-refractivity contribution in [2.45, 2.75) is 25.9 Å². The van der Waals surface area contributed by atoms with E-state index in [0.717, 1.165) is 6.54 Å². The van der Waals surface area contributed by atoms with Crippen LogP contribution in [0.25, 0.3) is 10.9 Å². The molecule has 1 aromatic carbocycles. The zero-order chi connectivity index (χ0) is 15.5. The molecule has 8 heteroatoms. The molecule has 0 aliphatic carbocycles. The quantitative estimate of drug-likeness (QED) is 0.878. The molecule has 1 unspecified atom stereocenters. The number of aromatic nitrogens is 3. The second-order valence-corrected chi connectivity index (χ2v) is 5.58. The summed E-state index contributed by atoms with van der Waals surface area (Å²) < 4.78 is 1.27. The number of amides is 1. The van der Waals surface area contributed by atoms with Crippen LogP contribution in [-0.4, -0.2) is 51.5 Å². The minimum atomic E-state index is -0.202. The predicted molar refractivity (Wildman–Crippen MR) is 89.7 cm³/mol.